The Morgan fingerprint density at radius 3 is 2.88 bits per heavy atom. The van der Waals surface area contributed by atoms with Crippen LogP contribution < -0.4 is 11.3 Å². The van der Waals surface area contributed by atoms with Crippen LogP contribution in [0.25, 0.3) is 0 Å². The third-order valence-electron chi connectivity index (χ3n) is 2.55. The normalized spacial score (nSPS) is 12.6. The largest absolute Gasteiger partial charge is 0.293 e. The second-order valence-corrected chi connectivity index (χ2v) is 4.15. The molecule has 0 aliphatic rings. The lowest BCUT2D eigenvalue weighted by molar-refractivity contribution is -0.122. The highest BCUT2D eigenvalue weighted by Gasteiger charge is 2.14. The minimum atomic E-state index is -0.212. The average Bonchev–Trinajstić information content (AvgIpc) is 2.27. The zero-order valence-electron chi connectivity index (χ0n) is 9.40. The van der Waals surface area contributed by atoms with Gasteiger partial charge in [-0.05, 0) is 31.7 Å². The van der Waals surface area contributed by atoms with Crippen LogP contribution in [0, 0.1) is 0 Å². The fraction of sp³-hybridized carbons (Fsp3) is 0.364. The van der Waals surface area contributed by atoms with E-state index in [1.807, 2.05) is 43.1 Å². The van der Waals surface area contributed by atoms with Crippen LogP contribution in [0.4, 0.5) is 0 Å². The molecular weight excluding hydrogens is 226 g/mol. The first kappa shape index (κ1) is 13.0. The number of hydrogen-bond donors (Lipinski definition) is 2. The van der Waals surface area contributed by atoms with Gasteiger partial charge in [0.05, 0.1) is 6.54 Å². The van der Waals surface area contributed by atoms with Gasteiger partial charge in [-0.2, -0.15) is 0 Å². The number of hydrazine groups is 1. The molecule has 1 amide bonds. The monoisotopic (exact) mass is 241 g/mol. The van der Waals surface area contributed by atoms with E-state index in [1.165, 1.54) is 0 Å². The van der Waals surface area contributed by atoms with Crippen LogP contribution in [0.15, 0.2) is 24.3 Å². The molecule has 1 aromatic carbocycles. The van der Waals surface area contributed by atoms with Gasteiger partial charge in [-0.15, -0.1) is 0 Å². The second kappa shape index (κ2) is 5.84. The highest BCUT2D eigenvalue weighted by atomic mass is 35.5. The number of benzene rings is 1. The van der Waals surface area contributed by atoms with Crippen LogP contribution in [-0.4, -0.2) is 24.4 Å². The molecule has 4 nitrogen and oxygen atoms in total. The van der Waals surface area contributed by atoms with Crippen LogP contribution in [0.1, 0.15) is 18.5 Å². The molecule has 0 spiro atoms. The van der Waals surface area contributed by atoms with E-state index in [1.54, 1.807) is 0 Å². The summed E-state index contributed by atoms with van der Waals surface area (Å²) >= 11 is 5.91. The van der Waals surface area contributed by atoms with Crippen molar-refractivity contribution in [2.75, 3.05) is 13.6 Å². The van der Waals surface area contributed by atoms with Crippen molar-refractivity contribution < 1.29 is 4.79 Å². The van der Waals surface area contributed by atoms with Crippen molar-refractivity contribution in [3.05, 3.63) is 34.9 Å². The summed E-state index contributed by atoms with van der Waals surface area (Å²) in [6.45, 7) is 2.26. The molecule has 1 unspecified atom stereocenters. The van der Waals surface area contributed by atoms with Crippen molar-refractivity contribution in [3.8, 4) is 0 Å². The highest BCUT2D eigenvalue weighted by Crippen LogP contribution is 2.21. The van der Waals surface area contributed by atoms with Crippen molar-refractivity contribution in [2.24, 2.45) is 5.84 Å². The Balaban J connectivity index is 2.70. The van der Waals surface area contributed by atoms with Crippen molar-refractivity contribution in [1.82, 2.24) is 10.3 Å². The molecule has 0 aromatic heterocycles. The number of rotatable bonds is 4. The van der Waals surface area contributed by atoms with Crippen molar-refractivity contribution in [3.63, 3.8) is 0 Å². The fourth-order valence-electron chi connectivity index (χ4n) is 1.43. The molecule has 5 heteroatoms. The molecule has 0 fully saturated rings. The number of nitrogens with zero attached hydrogens (tertiary/aromatic N) is 1. The molecule has 0 radical (unpaired) electrons. The minimum absolute atomic E-state index is 0.107. The van der Waals surface area contributed by atoms with Gasteiger partial charge in [0.1, 0.15) is 0 Å². The molecule has 1 aromatic rings. The maximum absolute atomic E-state index is 11.1. The Morgan fingerprint density at radius 1 is 1.62 bits per heavy atom. The third-order valence-corrected chi connectivity index (χ3v) is 2.78. The lowest BCUT2D eigenvalue weighted by Crippen LogP contribution is -2.39. The Kier molecular flexibility index (Phi) is 4.73. The second-order valence-electron chi connectivity index (χ2n) is 3.71. The number of nitrogens with two attached hydrogens (primary N) is 1. The molecule has 88 valence electrons. The quantitative estimate of drug-likeness (QED) is 0.475. The van der Waals surface area contributed by atoms with E-state index in [9.17, 15) is 4.79 Å². The third kappa shape index (κ3) is 3.48. The van der Waals surface area contributed by atoms with Gasteiger partial charge in [0.2, 0.25) is 5.91 Å². The standard InChI is InChI=1S/C11H16ClN3O/c1-8(15(2)7-11(16)14-13)9-4-3-5-10(12)6-9/h3-6,8H,7,13H2,1-2H3,(H,14,16). The van der Waals surface area contributed by atoms with Gasteiger partial charge in [0.25, 0.3) is 0 Å². The smallest absolute Gasteiger partial charge is 0.248 e. The SMILES string of the molecule is CC(c1cccc(Cl)c1)N(C)CC(=O)NN. The van der Waals surface area contributed by atoms with E-state index in [0.717, 1.165) is 5.56 Å². The number of nitrogens with one attached hydrogen (secondary N) is 1. The van der Waals surface area contributed by atoms with Gasteiger partial charge in [0, 0.05) is 11.1 Å². The molecule has 0 saturated carbocycles. The summed E-state index contributed by atoms with van der Waals surface area (Å²) in [6, 6.07) is 7.70. The lowest BCUT2D eigenvalue weighted by Gasteiger charge is -2.24. The number of amides is 1. The van der Waals surface area contributed by atoms with E-state index in [-0.39, 0.29) is 18.5 Å². The molecule has 0 saturated heterocycles. The summed E-state index contributed by atoms with van der Waals surface area (Å²) in [6.07, 6.45) is 0. The number of halogens is 1. The average molecular weight is 242 g/mol. The molecule has 0 bridgehead atoms. The van der Waals surface area contributed by atoms with Gasteiger partial charge in [-0.1, -0.05) is 23.7 Å². The zero-order chi connectivity index (χ0) is 12.1. The minimum Gasteiger partial charge on any atom is -0.293 e. The Hall–Kier alpha value is -1.10. The summed E-state index contributed by atoms with van der Waals surface area (Å²) in [5.74, 6) is 4.82. The van der Waals surface area contributed by atoms with Crippen molar-refractivity contribution in [2.45, 2.75) is 13.0 Å². The summed E-state index contributed by atoms with van der Waals surface area (Å²) in [5.41, 5.74) is 3.18. The van der Waals surface area contributed by atoms with Crippen LogP contribution in [-0.2, 0) is 4.79 Å². The van der Waals surface area contributed by atoms with E-state index >= 15 is 0 Å². The first-order valence-electron chi connectivity index (χ1n) is 4.99. The molecule has 1 atom stereocenters. The summed E-state index contributed by atoms with van der Waals surface area (Å²) in [4.78, 5) is 13.0. The van der Waals surface area contributed by atoms with Crippen molar-refractivity contribution >= 4 is 17.5 Å². The molecule has 0 aliphatic carbocycles. The van der Waals surface area contributed by atoms with Gasteiger partial charge < -0.3 is 0 Å². The summed E-state index contributed by atoms with van der Waals surface area (Å²) in [5, 5.41) is 0.695. The topological polar surface area (TPSA) is 58.4 Å². The lowest BCUT2D eigenvalue weighted by atomic mass is 10.1. The first-order chi connectivity index (χ1) is 7.54. The van der Waals surface area contributed by atoms with Gasteiger partial charge in [-0.25, -0.2) is 5.84 Å². The van der Waals surface area contributed by atoms with E-state index < -0.39 is 0 Å². The number of likely N-dealkylation sites (N-methyl/N-ethyl adjacent to an activating group) is 1. The van der Waals surface area contributed by atoms with Crippen molar-refractivity contribution in [1.29, 1.82) is 0 Å². The van der Waals surface area contributed by atoms with Crippen LogP contribution in [0.5, 0.6) is 0 Å². The zero-order valence-corrected chi connectivity index (χ0v) is 10.2. The van der Waals surface area contributed by atoms with Crippen LogP contribution in [0.3, 0.4) is 0 Å². The Bertz CT molecular complexity index is 370. The molecule has 16 heavy (non-hydrogen) atoms. The van der Waals surface area contributed by atoms with E-state index in [2.05, 4.69) is 5.43 Å². The Labute approximate surface area is 100 Å². The van der Waals surface area contributed by atoms with E-state index in [0.29, 0.717) is 5.02 Å². The van der Waals surface area contributed by atoms with Crippen LogP contribution >= 0.6 is 11.6 Å². The Morgan fingerprint density at radius 2 is 2.31 bits per heavy atom. The number of carbonyl (C=O) groups excluding carboxylic acids is 1. The van der Waals surface area contributed by atoms with Gasteiger partial charge in [-0.3, -0.25) is 15.1 Å². The summed E-state index contributed by atoms with van der Waals surface area (Å²) in [7, 11) is 1.86. The maximum atomic E-state index is 11.1. The molecule has 0 aliphatic heterocycles. The van der Waals surface area contributed by atoms with Gasteiger partial charge in [0.15, 0.2) is 0 Å². The fourth-order valence-corrected chi connectivity index (χ4v) is 1.63. The first-order valence-corrected chi connectivity index (χ1v) is 5.37. The maximum Gasteiger partial charge on any atom is 0.248 e. The number of carbonyl (C=O) groups is 1. The summed E-state index contributed by atoms with van der Waals surface area (Å²) < 4.78 is 0. The predicted octanol–water partition coefficient (Wildman–Crippen LogP) is 1.32. The number of hydrogen-bond acceptors (Lipinski definition) is 3. The predicted molar refractivity (Wildman–Crippen MR) is 64.8 cm³/mol. The van der Waals surface area contributed by atoms with E-state index in [4.69, 9.17) is 17.4 Å². The molecule has 1 rings (SSSR count). The van der Waals surface area contributed by atoms with Crippen LogP contribution in [0.2, 0.25) is 5.02 Å². The molecular formula is C11H16ClN3O. The molecule has 0 heterocycles. The highest BCUT2D eigenvalue weighted by molar-refractivity contribution is 6.30. The molecule has 3 N–H and O–H groups in total. The van der Waals surface area contributed by atoms with Gasteiger partial charge >= 0.3 is 0 Å².